The van der Waals surface area contributed by atoms with Crippen LogP contribution in [0.3, 0.4) is 0 Å². The second kappa shape index (κ2) is 10.3. The van der Waals surface area contributed by atoms with Crippen LogP contribution in [-0.4, -0.2) is 14.5 Å². The van der Waals surface area contributed by atoms with E-state index in [1.165, 1.54) is 43.4 Å². The SMILES string of the molecule is c1ccc(-c2cc(-n3c4ccccc4c4c5cc(-c6ccc7ccccc7c6)ccc5ccc43)nc(-c3ccccc3)n2)cc1. The van der Waals surface area contributed by atoms with Crippen LogP contribution in [0.15, 0.2) is 164 Å². The molecule has 0 atom stereocenters. The van der Waals surface area contributed by atoms with Crippen molar-refractivity contribution in [2.75, 3.05) is 0 Å². The average molecular weight is 574 g/mol. The number of benzene rings is 7. The summed E-state index contributed by atoms with van der Waals surface area (Å²) in [5, 5.41) is 7.38. The zero-order chi connectivity index (χ0) is 29.7. The Balaban J connectivity index is 1.32. The van der Waals surface area contributed by atoms with Crippen LogP contribution in [0.2, 0.25) is 0 Å². The molecule has 9 aromatic rings. The molecule has 0 unspecified atom stereocenters. The minimum absolute atomic E-state index is 0.706. The zero-order valence-electron chi connectivity index (χ0n) is 24.4. The topological polar surface area (TPSA) is 30.7 Å². The van der Waals surface area contributed by atoms with Crippen LogP contribution in [0.4, 0.5) is 0 Å². The summed E-state index contributed by atoms with van der Waals surface area (Å²) in [6.45, 7) is 0. The molecule has 9 rings (SSSR count). The maximum atomic E-state index is 5.20. The Hall–Kier alpha value is -6.06. The van der Waals surface area contributed by atoms with Gasteiger partial charge in [-0.3, -0.25) is 4.57 Å². The Bertz CT molecular complexity index is 2470. The second-order valence-electron chi connectivity index (χ2n) is 11.5. The highest BCUT2D eigenvalue weighted by atomic mass is 15.1. The molecule has 45 heavy (non-hydrogen) atoms. The van der Waals surface area contributed by atoms with E-state index < -0.39 is 0 Å². The third-order valence-electron chi connectivity index (χ3n) is 8.78. The van der Waals surface area contributed by atoms with E-state index >= 15 is 0 Å². The first-order valence-electron chi connectivity index (χ1n) is 15.3. The molecule has 0 aliphatic heterocycles. The minimum atomic E-state index is 0.706. The summed E-state index contributed by atoms with van der Waals surface area (Å²) >= 11 is 0. The van der Waals surface area contributed by atoms with Gasteiger partial charge in [0.05, 0.1) is 16.7 Å². The number of rotatable bonds is 4. The molecule has 0 radical (unpaired) electrons. The molecule has 0 spiro atoms. The van der Waals surface area contributed by atoms with Crippen molar-refractivity contribution in [3.63, 3.8) is 0 Å². The van der Waals surface area contributed by atoms with E-state index in [1.807, 2.05) is 24.3 Å². The van der Waals surface area contributed by atoms with Gasteiger partial charge in [0.15, 0.2) is 5.82 Å². The van der Waals surface area contributed by atoms with Crippen molar-refractivity contribution < 1.29 is 0 Å². The zero-order valence-corrected chi connectivity index (χ0v) is 24.4. The maximum absolute atomic E-state index is 5.20. The Morgan fingerprint density at radius 3 is 1.84 bits per heavy atom. The third-order valence-corrected chi connectivity index (χ3v) is 8.78. The number of para-hydroxylation sites is 1. The minimum Gasteiger partial charge on any atom is -0.294 e. The highest BCUT2D eigenvalue weighted by molar-refractivity contribution is 6.21. The quantitative estimate of drug-likeness (QED) is 0.210. The van der Waals surface area contributed by atoms with E-state index in [4.69, 9.17) is 9.97 Å². The first-order chi connectivity index (χ1) is 22.3. The molecule has 7 aromatic carbocycles. The largest absolute Gasteiger partial charge is 0.294 e. The average Bonchev–Trinajstić information content (AvgIpc) is 3.47. The van der Waals surface area contributed by atoms with Gasteiger partial charge in [0.25, 0.3) is 0 Å². The van der Waals surface area contributed by atoms with Crippen LogP contribution in [0.1, 0.15) is 0 Å². The van der Waals surface area contributed by atoms with Crippen LogP contribution < -0.4 is 0 Å². The van der Waals surface area contributed by atoms with Gasteiger partial charge in [0.2, 0.25) is 0 Å². The van der Waals surface area contributed by atoms with E-state index in [9.17, 15) is 0 Å². The van der Waals surface area contributed by atoms with Crippen LogP contribution >= 0.6 is 0 Å². The second-order valence-corrected chi connectivity index (χ2v) is 11.5. The maximum Gasteiger partial charge on any atom is 0.162 e. The predicted octanol–water partition coefficient (Wildman–Crippen LogP) is 10.9. The number of fused-ring (bicyclic) bond motifs is 6. The molecule has 0 saturated heterocycles. The highest BCUT2D eigenvalue weighted by Gasteiger charge is 2.18. The summed E-state index contributed by atoms with van der Waals surface area (Å²) in [6.07, 6.45) is 0. The molecule has 0 aliphatic rings. The van der Waals surface area contributed by atoms with Crippen LogP contribution in [0, 0.1) is 0 Å². The number of nitrogens with zero attached hydrogens (tertiary/aromatic N) is 3. The van der Waals surface area contributed by atoms with E-state index in [2.05, 4.69) is 144 Å². The summed E-state index contributed by atoms with van der Waals surface area (Å²) in [5.41, 5.74) is 7.60. The van der Waals surface area contributed by atoms with E-state index in [0.717, 1.165) is 33.7 Å². The smallest absolute Gasteiger partial charge is 0.162 e. The van der Waals surface area contributed by atoms with E-state index in [-0.39, 0.29) is 0 Å². The summed E-state index contributed by atoms with van der Waals surface area (Å²) in [7, 11) is 0. The summed E-state index contributed by atoms with van der Waals surface area (Å²) in [6, 6.07) is 57.9. The first-order valence-corrected chi connectivity index (χ1v) is 15.3. The normalized spacial score (nSPS) is 11.6. The van der Waals surface area contributed by atoms with Crippen molar-refractivity contribution in [1.29, 1.82) is 0 Å². The van der Waals surface area contributed by atoms with Gasteiger partial charge < -0.3 is 0 Å². The predicted molar refractivity (Wildman–Crippen MR) is 188 cm³/mol. The van der Waals surface area contributed by atoms with Crippen molar-refractivity contribution in [2.45, 2.75) is 0 Å². The van der Waals surface area contributed by atoms with E-state index in [1.54, 1.807) is 0 Å². The Kier molecular flexibility index (Phi) is 5.82. The van der Waals surface area contributed by atoms with Gasteiger partial charge in [-0.05, 0) is 56.9 Å². The molecule has 0 fully saturated rings. The summed E-state index contributed by atoms with van der Waals surface area (Å²) in [5.74, 6) is 1.55. The van der Waals surface area contributed by atoms with Crippen molar-refractivity contribution >= 4 is 43.4 Å². The molecule has 0 aliphatic carbocycles. The molecule has 2 aromatic heterocycles. The molecule has 3 heteroatoms. The van der Waals surface area contributed by atoms with Gasteiger partial charge >= 0.3 is 0 Å². The lowest BCUT2D eigenvalue weighted by Crippen LogP contribution is -2.02. The molecule has 210 valence electrons. The van der Waals surface area contributed by atoms with Crippen molar-refractivity contribution in [3.05, 3.63) is 164 Å². The van der Waals surface area contributed by atoms with Gasteiger partial charge in [-0.15, -0.1) is 0 Å². The molecule has 0 bridgehead atoms. The number of hydrogen-bond acceptors (Lipinski definition) is 2. The molecule has 0 amide bonds. The number of aromatic nitrogens is 3. The van der Waals surface area contributed by atoms with Crippen LogP contribution in [0.25, 0.3) is 82.9 Å². The van der Waals surface area contributed by atoms with E-state index in [0.29, 0.717) is 5.82 Å². The highest BCUT2D eigenvalue weighted by Crippen LogP contribution is 2.39. The fraction of sp³-hybridized carbons (Fsp3) is 0. The van der Waals surface area contributed by atoms with Crippen LogP contribution in [-0.2, 0) is 0 Å². The monoisotopic (exact) mass is 573 g/mol. The molecule has 2 heterocycles. The Morgan fingerprint density at radius 1 is 0.378 bits per heavy atom. The van der Waals surface area contributed by atoms with Crippen LogP contribution in [0.5, 0.6) is 0 Å². The lowest BCUT2D eigenvalue weighted by atomic mass is 9.96. The summed E-state index contributed by atoms with van der Waals surface area (Å²) in [4.78, 5) is 10.2. The van der Waals surface area contributed by atoms with Gasteiger partial charge in [0.1, 0.15) is 5.82 Å². The Labute approximate surface area is 260 Å². The fourth-order valence-electron chi connectivity index (χ4n) is 6.60. The summed E-state index contributed by atoms with van der Waals surface area (Å²) < 4.78 is 2.30. The van der Waals surface area contributed by atoms with Gasteiger partial charge in [-0.2, -0.15) is 0 Å². The van der Waals surface area contributed by atoms with Gasteiger partial charge in [-0.25, -0.2) is 9.97 Å². The Morgan fingerprint density at radius 2 is 1.02 bits per heavy atom. The standard InChI is InChI=1S/C42H27N3/c1-3-12-30(13-4-1)37-27-40(44-42(43-37)31-14-5-2-6-15-31)45-38-18-10-9-17-35(38)41-36-26-34(22-20-29(36)23-24-39(41)45)33-21-19-28-11-7-8-16-32(28)25-33/h1-27H. The fourth-order valence-corrected chi connectivity index (χ4v) is 6.60. The molecule has 0 N–H and O–H groups in total. The molecule has 0 saturated carbocycles. The number of hydrogen-bond donors (Lipinski definition) is 0. The van der Waals surface area contributed by atoms with Crippen molar-refractivity contribution in [1.82, 2.24) is 14.5 Å². The van der Waals surface area contributed by atoms with Gasteiger partial charge in [0, 0.05) is 28.0 Å². The lowest BCUT2D eigenvalue weighted by Gasteiger charge is -2.12. The first kappa shape index (κ1) is 25.4. The molecule has 3 nitrogen and oxygen atoms in total. The molecular formula is C42H27N3. The van der Waals surface area contributed by atoms with Crippen molar-refractivity contribution in [3.8, 4) is 39.6 Å². The lowest BCUT2D eigenvalue weighted by molar-refractivity contribution is 1.05. The van der Waals surface area contributed by atoms with Crippen molar-refractivity contribution in [2.24, 2.45) is 0 Å². The van der Waals surface area contributed by atoms with Gasteiger partial charge in [-0.1, -0.05) is 133 Å². The third kappa shape index (κ3) is 4.29. The molecular weight excluding hydrogens is 546 g/mol.